The van der Waals surface area contributed by atoms with Crippen molar-refractivity contribution in [2.24, 2.45) is 0 Å². The average molecular weight is 345 g/mol. The van der Waals surface area contributed by atoms with E-state index in [2.05, 4.69) is 29.2 Å². The van der Waals surface area contributed by atoms with Crippen molar-refractivity contribution < 1.29 is 13.5 Å². The summed E-state index contributed by atoms with van der Waals surface area (Å²) in [6.45, 7) is 0.511. The minimum atomic E-state index is -3.21. The number of likely N-dealkylation sites (N-methyl/N-ethyl adjacent to an activating group) is 1. The molecule has 1 aliphatic carbocycles. The van der Waals surface area contributed by atoms with Crippen LogP contribution in [-0.4, -0.2) is 38.3 Å². The maximum Gasteiger partial charge on any atom is 0.175 e. The molecule has 0 saturated heterocycles. The number of fused-ring (bicyclic) bond motifs is 1. The molecule has 0 radical (unpaired) electrons. The summed E-state index contributed by atoms with van der Waals surface area (Å²) in [6.07, 6.45) is 2.68. The van der Waals surface area contributed by atoms with Gasteiger partial charge in [0.05, 0.1) is 11.0 Å². The molecule has 1 aliphatic rings. The van der Waals surface area contributed by atoms with Gasteiger partial charge in [-0.05, 0) is 48.7 Å². The number of aliphatic hydroxyl groups excluding tert-OH is 1. The van der Waals surface area contributed by atoms with Crippen LogP contribution in [0.25, 0.3) is 0 Å². The molecule has 0 aromatic heterocycles. The van der Waals surface area contributed by atoms with Gasteiger partial charge >= 0.3 is 0 Å². The number of aliphatic hydroxyl groups is 1. The lowest BCUT2D eigenvalue weighted by atomic mass is 10.1. The Morgan fingerprint density at radius 2 is 1.83 bits per heavy atom. The summed E-state index contributed by atoms with van der Waals surface area (Å²) >= 11 is 0. The number of benzene rings is 2. The van der Waals surface area contributed by atoms with Gasteiger partial charge in [-0.3, -0.25) is 4.90 Å². The van der Waals surface area contributed by atoms with Gasteiger partial charge in [0.1, 0.15) is 0 Å². The van der Waals surface area contributed by atoms with Crippen molar-refractivity contribution in [1.29, 1.82) is 0 Å². The van der Waals surface area contributed by atoms with Crippen LogP contribution in [0.2, 0.25) is 0 Å². The molecule has 1 N–H and O–H groups in total. The molecule has 0 fully saturated rings. The molecular weight excluding hydrogens is 322 g/mol. The minimum absolute atomic E-state index is 0.275. The lowest BCUT2D eigenvalue weighted by Gasteiger charge is -2.27. The van der Waals surface area contributed by atoms with Crippen LogP contribution in [0, 0.1) is 0 Å². The van der Waals surface area contributed by atoms with E-state index in [-0.39, 0.29) is 4.90 Å². The van der Waals surface area contributed by atoms with E-state index < -0.39 is 15.9 Å². The highest BCUT2D eigenvalue weighted by atomic mass is 32.2. The largest absolute Gasteiger partial charge is 0.387 e. The Balaban J connectivity index is 1.70. The van der Waals surface area contributed by atoms with Crippen molar-refractivity contribution in [3.63, 3.8) is 0 Å². The van der Waals surface area contributed by atoms with E-state index >= 15 is 0 Å². The molecule has 2 aromatic carbocycles. The van der Waals surface area contributed by atoms with E-state index in [0.717, 1.165) is 18.4 Å². The number of rotatable bonds is 5. The lowest BCUT2D eigenvalue weighted by molar-refractivity contribution is 0.104. The topological polar surface area (TPSA) is 57.6 Å². The van der Waals surface area contributed by atoms with Crippen molar-refractivity contribution in [3.05, 3.63) is 65.2 Å². The van der Waals surface area contributed by atoms with E-state index in [0.29, 0.717) is 12.6 Å². The third-order valence-electron chi connectivity index (χ3n) is 4.79. The van der Waals surface area contributed by atoms with E-state index in [1.807, 2.05) is 7.05 Å². The van der Waals surface area contributed by atoms with Gasteiger partial charge in [0, 0.05) is 18.8 Å². The Morgan fingerprint density at radius 3 is 2.50 bits per heavy atom. The molecule has 0 spiro atoms. The van der Waals surface area contributed by atoms with Gasteiger partial charge < -0.3 is 5.11 Å². The predicted octanol–water partition coefficient (Wildman–Crippen LogP) is 2.74. The van der Waals surface area contributed by atoms with Crippen LogP contribution in [-0.2, 0) is 16.3 Å². The fourth-order valence-corrected chi connectivity index (χ4v) is 4.07. The minimum Gasteiger partial charge on any atom is -0.387 e. The van der Waals surface area contributed by atoms with Crippen molar-refractivity contribution >= 4 is 9.84 Å². The van der Waals surface area contributed by atoms with E-state index in [1.54, 1.807) is 24.3 Å². The van der Waals surface area contributed by atoms with Gasteiger partial charge in [-0.15, -0.1) is 0 Å². The SMILES string of the molecule is CN(CC(O)c1ccc(S(C)(=O)=O)cc1)C1CCc2ccccc21. The molecule has 5 heteroatoms. The highest BCUT2D eigenvalue weighted by Gasteiger charge is 2.26. The first kappa shape index (κ1) is 17.1. The summed E-state index contributed by atoms with van der Waals surface area (Å²) in [4.78, 5) is 2.46. The summed E-state index contributed by atoms with van der Waals surface area (Å²) in [5, 5.41) is 10.5. The van der Waals surface area contributed by atoms with Crippen molar-refractivity contribution in [2.75, 3.05) is 19.8 Å². The quantitative estimate of drug-likeness (QED) is 0.905. The van der Waals surface area contributed by atoms with Crippen molar-refractivity contribution in [2.45, 2.75) is 29.9 Å². The second-order valence-corrected chi connectivity index (χ2v) is 8.57. The summed E-state index contributed by atoms with van der Waals surface area (Å²) in [5.74, 6) is 0. The lowest BCUT2D eigenvalue weighted by Crippen LogP contribution is -2.28. The van der Waals surface area contributed by atoms with Gasteiger partial charge in [0.25, 0.3) is 0 Å². The monoisotopic (exact) mass is 345 g/mol. The second-order valence-electron chi connectivity index (χ2n) is 6.55. The molecule has 2 atom stereocenters. The predicted molar refractivity (Wildman–Crippen MR) is 94.6 cm³/mol. The molecule has 128 valence electrons. The molecule has 0 heterocycles. The number of hydrogen-bond donors (Lipinski definition) is 1. The van der Waals surface area contributed by atoms with E-state index in [4.69, 9.17) is 0 Å². The second kappa shape index (κ2) is 6.67. The molecule has 0 amide bonds. The molecule has 0 saturated carbocycles. The Bertz CT molecular complexity index is 815. The summed E-state index contributed by atoms with van der Waals surface area (Å²) in [5.41, 5.74) is 3.47. The first-order valence-corrected chi connectivity index (χ1v) is 10.0. The molecule has 2 unspecified atom stereocenters. The first-order valence-electron chi connectivity index (χ1n) is 8.12. The Kier molecular flexibility index (Phi) is 4.76. The Morgan fingerprint density at radius 1 is 1.17 bits per heavy atom. The molecule has 3 rings (SSSR count). The summed E-state index contributed by atoms with van der Waals surface area (Å²) in [7, 11) is -1.18. The molecule has 0 bridgehead atoms. The highest BCUT2D eigenvalue weighted by molar-refractivity contribution is 7.90. The van der Waals surface area contributed by atoms with Gasteiger partial charge in [-0.25, -0.2) is 8.42 Å². The number of sulfone groups is 1. The highest BCUT2D eigenvalue weighted by Crippen LogP contribution is 2.35. The van der Waals surface area contributed by atoms with Gasteiger partial charge in [-0.2, -0.15) is 0 Å². The third kappa shape index (κ3) is 3.53. The number of nitrogens with zero attached hydrogens (tertiary/aromatic N) is 1. The van der Waals surface area contributed by atoms with Crippen LogP contribution in [0.5, 0.6) is 0 Å². The molecule has 4 nitrogen and oxygen atoms in total. The van der Waals surface area contributed by atoms with Crippen molar-refractivity contribution in [1.82, 2.24) is 4.90 Å². The number of aryl methyl sites for hydroxylation is 1. The fourth-order valence-electron chi connectivity index (χ4n) is 3.44. The summed E-state index contributed by atoms with van der Waals surface area (Å²) in [6, 6.07) is 15.3. The molecular formula is C19H23NO3S. The van der Waals surface area contributed by atoms with Crippen LogP contribution >= 0.6 is 0 Å². The van der Waals surface area contributed by atoms with Crippen LogP contribution in [0.15, 0.2) is 53.4 Å². The zero-order chi connectivity index (χ0) is 17.3. The normalized spacial score (nSPS) is 18.6. The maximum atomic E-state index is 11.5. The van der Waals surface area contributed by atoms with Gasteiger partial charge in [0.15, 0.2) is 9.84 Å². The fraction of sp³-hybridized carbons (Fsp3) is 0.368. The molecule has 2 aromatic rings. The maximum absolute atomic E-state index is 11.5. The zero-order valence-electron chi connectivity index (χ0n) is 14.0. The molecule has 24 heavy (non-hydrogen) atoms. The first-order chi connectivity index (χ1) is 11.4. The molecule has 0 aliphatic heterocycles. The van der Waals surface area contributed by atoms with Gasteiger partial charge in [-0.1, -0.05) is 36.4 Å². The number of hydrogen-bond acceptors (Lipinski definition) is 4. The van der Waals surface area contributed by atoms with Crippen LogP contribution in [0.4, 0.5) is 0 Å². The Hall–Kier alpha value is -1.69. The van der Waals surface area contributed by atoms with Crippen LogP contribution < -0.4 is 0 Å². The van der Waals surface area contributed by atoms with Crippen LogP contribution in [0.1, 0.15) is 35.3 Å². The van der Waals surface area contributed by atoms with E-state index in [9.17, 15) is 13.5 Å². The van der Waals surface area contributed by atoms with E-state index in [1.165, 1.54) is 17.4 Å². The van der Waals surface area contributed by atoms with Crippen molar-refractivity contribution in [3.8, 4) is 0 Å². The standard InChI is InChI=1S/C19H23NO3S/c1-20(18-12-9-14-5-3-4-6-17(14)18)13-19(21)15-7-10-16(11-8-15)24(2,22)23/h3-8,10-11,18-19,21H,9,12-13H2,1-2H3. The van der Waals surface area contributed by atoms with Gasteiger partial charge in [0.2, 0.25) is 0 Å². The third-order valence-corrected chi connectivity index (χ3v) is 5.92. The zero-order valence-corrected chi connectivity index (χ0v) is 14.8. The smallest absolute Gasteiger partial charge is 0.175 e. The Labute approximate surface area is 143 Å². The summed E-state index contributed by atoms with van der Waals surface area (Å²) < 4.78 is 23.0. The average Bonchev–Trinajstić information content (AvgIpc) is 2.98. The van der Waals surface area contributed by atoms with Crippen LogP contribution in [0.3, 0.4) is 0 Å².